The Morgan fingerprint density at radius 2 is 1.85 bits per heavy atom. The van der Waals surface area contributed by atoms with E-state index < -0.39 is 5.97 Å². The highest BCUT2D eigenvalue weighted by molar-refractivity contribution is 5.98. The summed E-state index contributed by atoms with van der Waals surface area (Å²) in [5, 5.41) is 9.26. The lowest BCUT2D eigenvalue weighted by molar-refractivity contribution is -0.151. The van der Waals surface area contributed by atoms with Crippen molar-refractivity contribution >= 4 is 18.0 Å². The summed E-state index contributed by atoms with van der Waals surface area (Å²) in [5.41, 5.74) is 0.531. The molecule has 0 aromatic heterocycles. The zero-order valence-electron chi connectivity index (χ0n) is 16.1. The lowest BCUT2D eigenvalue weighted by atomic mass is 9.97. The smallest absolute Gasteiger partial charge is 0.349 e. The zero-order valence-corrected chi connectivity index (χ0v) is 16.1. The fourth-order valence-corrected chi connectivity index (χ4v) is 3.32. The van der Waals surface area contributed by atoms with Crippen molar-refractivity contribution in [2.24, 2.45) is 0 Å². The SMILES string of the molecule is CCOc1ccc(/C=C(\C#N)C(=O)OCC(=O)N2[C@H](C)CCC[C@H]2C)cc1. The highest BCUT2D eigenvalue weighted by atomic mass is 16.5. The number of nitriles is 1. The number of likely N-dealkylation sites (tertiary alicyclic amines) is 1. The van der Waals surface area contributed by atoms with Crippen LogP contribution in [0.3, 0.4) is 0 Å². The maximum absolute atomic E-state index is 12.4. The first-order valence-corrected chi connectivity index (χ1v) is 9.29. The van der Waals surface area contributed by atoms with E-state index in [0.29, 0.717) is 17.9 Å². The molecule has 27 heavy (non-hydrogen) atoms. The van der Waals surface area contributed by atoms with Crippen molar-refractivity contribution in [1.82, 2.24) is 4.90 Å². The van der Waals surface area contributed by atoms with Crippen LogP contribution in [0.1, 0.15) is 45.6 Å². The fourth-order valence-electron chi connectivity index (χ4n) is 3.32. The van der Waals surface area contributed by atoms with Gasteiger partial charge in [0.15, 0.2) is 6.61 Å². The van der Waals surface area contributed by atoms with Gasteiger partial charge in [-0.2, -0.15) is 5.26 Å². The summed E-state index contributed by atoms with van der Waals surface area (Å²) in [6.07, 6.45) is 4.43. The molecule has 144 valence electrons. The molecule has 0 radical (unpaired) electrons. The van der Waals surface area contributed by atoms with Gasteiger partial charge < -0.3 is 14.4 Å². The Bertz CT molecular complexity index is 724. The first kappa shape index (κ1) is 20.5. The molecule has 0 saturated carbocycles. The van der Waals surface area contributed by atoms with Gasteiger partial charge in [-0.25, -0.2) is 4.79 Å². The molecule has 0 unspecified atom stereocenters. The van der Waals surface area contributed by atoms with Gasteiger partial charge in [-0.1, -0.05) is 12.1 Å². The molecule has 1 fully saturated rings. The van der Waals surface area contributed by atoms with Crippen LogP contribution in [-0.2, 0) is 14.3 Å². The highest BCUT2D eigenvalue weighted by Crippen LogP contribution is 2.22. The number of hydrogen-bond acceptors (Lipinski definition) is 5. The van der Waals surface area contributed by atoms with Gasteiger partial charge in [-0.3, -0.25) is 4.79 Å². The van der Waals surface area contributed by atoms with Crippen LogP contribution < -0.4 is 4.74 Å². The molecule has 1 aliphatic heterocycles. The Kier molecular flexibility index (Phi) is 7.42. The summed E-state index contributed by atoms with van der Waals surface area (Å²) in [5.74, 6) is -0.301. The minimum atomic E-state index is -0.794. The maximum atomic E-state index is 12.4. The summed E-state index contributed by atoms with van der Waals surface area (Å²) in [6.45, 7) is 6.11. The molecule has 2 atom stereocenters. The second kappa shape index (κ2) is 9.77. The Balaban J connectivity index is 1.98. The van der Waals surface area contributed by atoms with Gasteiger partial charge in [0.2, 0.25) is 0 Å². The van der Waals surface area contributed by atoms with Gasteiger partial charge in [0, 0.05) is 12.1 Å². The standard InChI is InChI=1S/C21H26N2O4/c1-4-26-19-10-8-17(9-11-19)12-18(13-22)21(25)27-14-20(24)23-15(2)6-5-7-16(23)3/h8-12,15-16H,4-7,14H2,1-3H3/b18-12+/t15-,16-/m1/s1. The molecule has 0 aliphatic carbocycles. The number of hydrogen-bond donors (Lipinski definition) is 0. The molecule has 1 aromatic rings. The van der Waals surface area contributed by atoms with Crippen LogP contribution in [0.5, 0.6) is 5.75 Å². The van der Waals surface area contributed by atoms with E-state index >= 15 is 0 Å². The van der Waals surface area contributed by atoms with Crippen molar-refractivity contribution in [2.45, 2.75) is 52.1 Å². The third-order valence-corrected chi connectivity index (χ3v) is 4.65. The first-order chi connectivity index (χ1) is 13.0. The monoisotopic (exact) mass is 370 g/mol. The molecule has 6 nitrogen and oxygen atoms in total. The highest BCUT2D eigenvalue weighted by Gasteiger charge is 2.29. The number of carbonyl (C=O) groups excluding carboxylic acids is 2. The van der Waals surface area contributed by atoms with Gasteiger partial charge in [0.25, 0.3) is 5.91 Å². The molecule has 0 spiro atoms. The van der Waals surface area contributed by atoms with E-state index in [0.717, 1.165) is 19.3 Å². The minimum Gasteiger partial charge on any atom is -0.494 e. The summed E-state index contributed by atoms with van der Waals surface area (Å²) < 4.78 is 10.5. The van der Waals surface area contributed by atoms with E-state index in [1.54, 1.807) is 29.2 Å². The number of ether oxygens (including phenoxy) is 2. The molecule has 1 saturated heterocycles. The number of nitrogens with zero attached hydrogens (tertiary/aromatic N) is 2. The van der Waals surface area contributed by atoms with Gasteiger partial charge in [-0.05, 0) is 63.8 Å². The fraction of sp³-hybridized carbons (Fsp3) is 0.476. The summed E-state index contributed by atoms with van der Waals surface area (Å²) in [4.78, 5) is 26.4. The number of esters is 1. The van der Waals surface area contributed by atoms with E-state index in [2.05, 4.69) is 0 Å². The summed E-state index contributed by atoms with van der Waals surface area (Å²) >= 11 is 0. The Hall–Kier alpha value is -2.81. The van der Waals surface area contributed by atoms with E-state index in [9.17, 15) is 14.9 Å². The summed E-state index contributed by atoms with van der Waals surface area (Å²) in [6, 6.07) is 9.13. The topological polar surface area (TPSA) is 79.6 Å². The third kappa shape index (κ3) is 5.58. The molecule has 0 N–H and O–H groups in total. The molecule has 1 aromatic carbocycles. The lowest BCUT2D eigenvalue weighted by Crippen LogP contribution is -2.49. The molecule has 2 rings (SSSR count). The Morgan fingerprint density at radius 3 is 2.41 bits per heavy atom. The Labute approximate surface area is 160 Å². The molecule has 1 amide bonds. The predicted octanol–water partition coefficient (Wildman–Crippen LogP) is 3.32. The molecular weight excluding hydrogens is 344 g/mol. The minimum absolute atomic E-state index is 0.134. The van der Waals surface area contributed by atoms with Crippen molar-refractivity contribution in [1.29, 1.82) is 5.26 Å². The summed E-state index contributed by atoms with van der Waals surface area (Å²) in [7, 11) is 0. The van der Waals surface area contributed by atoms with Crippen LogP contribution in [0.15, 0.2) is 29.8 Å². The lowest BCUT2D eigenvalue weighted by Gasteiger charge is -2.38. The maximum Gasteiger partial charge on any atom is 0.349 e. The van der Waals surface area contributed by atoms with Crippen molar-refractivity contribution in [3.63, 3.8) is 0 Å². The van der Waals surface area contributed by atoms with Crippen LogP contribution in [0.2, 0.25) is 0 Å². The van der Waals surface area contributed by atoms with Crippen LogP contribution in [0.4, 0.5) is 0 Å². The van der Waals surface area contributed by atoms with Crippen molar-refractivity contribution in [3.8, 4) is 11.8 Å². The number of benzene rings is 1. The number of amides is 1. The number of rotatable bonds is 6. The largest absolute Gasteiger partial charge is 0.494 e. The van der Waals surface area contributed by atoms with Gasteiger partial charge in [0.05, 0.1) is 6.61 Å². The zero-order chi connectivity index (χ0) is 19.8. The van der Waals surface area contributed by atoms with Crippen LogP contribution >= 0.6 is 0 Å². The molecule has 0 bridgehead atoms. The predicted molar refractivity (Wildman–Crippen MR) is 102 cm³/mol. The van der Waals surface area contributed by atoms with Crippen molar-refractivity contribution in [3.05, 3.63) is 35.4 Å². The normalized spacial score (nSPS) is 19.9. The number of carbonyl (C=O) groups is 2. The number of piperidine rings is 1. The average molecular weight is 370 g/mol. The Morgan fingerprint density at radius 1 is 1.22 bits per heavy atom. The van der Waals surface area contributed by atoms with Gasteiger partial charge in [0.1, 0.15) is 17.4 Å². The van der Waals surface area contributed by atoms with Gasteiger partial charge in [-0.15, -0.1) is 0 Å². The quantitative estimate of drug-likeness (QED) is 0.436. The molecule has 1 heterocycles. The van der Waals surface area contributed by atoms with Crippen LogP contribution in [0, 0.1) is 11.3 Å². The van der Waals surface area contributed by atoms with E-state index in [-0.39, 0.29) is 30.2 Å². The van der Waals surface area contributed by atoms with Crippen molar-refractivity contribution in [2.75, 3.05) is 13.2 Å². The average Bonchev–Trinajstić information content (AvgIpc) is 2.65. The van der Waals surface area contributed by atoms with E-state index in [4.69, 9.17) is 9.47 Å². The molecule has 6 heteroatoms. The third-order valence-electron chi connectivity index (χ3n) is 4.65. The van der Waals surface area contributed by atoms with Crippen LogP contribution in [-0.4, -0.2) is 42.1 Å². The first-order valence-electron chi connectivity index (χ1n) is 9.29. The van der Waals surface area contributed by atoms with Gasteiger partial charge >= 0.3 is 5.97 Å². The van der Waals surface area contributed by atoms with Crippen LogP contribution in [0.25, 0.3) is 6.08 Å². The molecular formula is C21H26N2O4. The van der Waals surface area contributed by atoms with E-state index in [1.165, 1.54) is 6.08 Å². The van der Waals surface area contributed by atoms with Crippen molar-refractivity contribution < 1.29 is 19.1 Å². The molecule has 1 aliphatic rings. The second-order valence-electron chi connectivity index (χ2n) is 6.68. The van der Waals surface area contributed by atoms with E-state index in [1.807, 2.05) is 26.8 Å². The second-order valence-corrected chi connectivity index (χ2v) is 6.68.